The number of carbonyl (C=O) groups excluding carboxylic acids is 2. The number of nitrogens with one attached hydrogen (secondary N) is 2. The van der Waals surface area contributed by atoms with E-state index in [1.165, 1.54) is 18.3 Å². The van der Waals surface area contributed by atoms with E-state index in [0.717, 1.165) is 0 Å². The number of thiophene rings is 1. The van der Waals surface area contributed by atoms with Crippen molar-refractivity contribution in [1.29, 1.82) is 0 Å². The van der Waals surface area contributed by atoms with E-state index in [4.69, 9.17) is 4.74 Å². The van der Waals surface area contributed by atoms with E-state index < -0.39 is 6.10 Å². The average molecular weight is 376 g/mol. The van der Waals surface area contributed by atoms with Gasteiger partial charge in [0.05, 0.1) is 10.4 Å². The molecule has 1 heterocycles. The molecule has 0 bridgehead atoms. The van der Waals surface area contributed by atoms with Crippen LogP contribution in [0.25, 0.3) is 0 Å². The molecule has 26 heavy (non-hydrogen) atoms. The van der Waals surface area contributed by atoms with Crippen molar-refractivity contribution in [1.82, 2.24) is 5.32 Å². The first-order valence-corrected chi connectivity index (χ1v) is 9.29. The Morgan fingerprint density at radius 2 is 2.04 bits per heavy atom. The van der Waals surface area contributed by atoms with Gasteiger partial charge in [0.2, 0.25) is 0 Å². The largest absolute Gasteiger partial charge is 0.490 e. The molecule has 0 aliphatic rings. The highest BCUT2D eigenvalue weighted by atomic mass is 32.1. The summed E-state index contributed by atoms with van der Waals surface area (Å²) in [5, 5.41) is 17.7. The molecule has 1 atom stereocenters. The van der Waals surface area contributed by atoms with Crippen molar-refractivity contribution < 1.29 is 19.4 Å². The van der Waals surface area contributed by atoms with E-state index in [0.29, 0.717) is 28.4 Å². The van der Waals surface area contributed by atoms with Gasteiger partial charge < -0.3 is 20.5 Å². The predicted molar refractivity (Wildman–Crippen MR) is 103 cm³/mol. The second-order valence-electron chi connectivity index (χ2n) is 6.23. The fourth-order valence-corrected chi connectivity index (χ4v) is 2.84. The number of amides is 1. The van der Waals surface area contributed by atoms with Crippen LogP contribution in [-0.4, -0.2) is 42.1 Å². The summed E-state index contributed by atoms with van der Waals surface area (Å²) in [5.74, 6) is -0.0180. The van der Waals surface area contributed by atoms with Crippen LogP contribution >= 0.6 is 11.3 Å². The topological polar surface area (TPSA) is 87.7 Å². The predicted octanol–water partition coefficient (Wildman–Crippen LogP) is 2.94. The number of Topliss-reactive ketones (excluding diaryl/α,β-unsaturated/α-hetero) is 1. The highest BCUT2D eigenvalue weighted by molar-refractivity contribution is 7.12. The summed E-state index contributed by atoms with van der Waals surface area (Å²) >= 11 is 1.34. The Balaban J connectivity index is 2.03. The van der Waals surface area contributed by atoms with Crippen LogP contribution in [-0.2, 0) is 0 Å². The van der Waals surface area contributed by atoms with Gasteiger partial charge in [0, 0.05) is 18.3 Å². The SMILES string of the molecule is CC(=O)c1cc(NC(=O)c2cccs2)ccc1OCC(O)CNC(C)C. The highest BCUT2D eigenvalue weighted by Gasteiger charge is 2.14. The Bertz CT molecular complexity index is 744. The molecule has 1 aromatic heterocycles. The molecule has 2 rings (SSSR count). The number of aliphatic hydroxyl groups is 1. The summed E-state index contributed by atoms with van der Waals surface area (Å²) in [4.78, 5) is 24.6. The molecule has 3 N–H and O–H groups in total. The van der Waals surface area contributed by atoms with E-state index in [9.17, 15) is 14.7 Å². The van der Waals surface area contributed by atoms with Crippen molar-refractivity contribution in [2.75, 3.05) is 18.5 Å². The first kappa shape index (κ1) is 20.1. The third-order valence-corrected chi connectivity index (χ3v) is 4.42. The minimum absolute atomic E-state index is 0.0703. The zero-order chi connectivity index (χ0) is 19.1. The minimum atomic E-state index is -0.685. The number of aliphatic hydroxyl groups excluding tert-OH is 1. The lowest BCUT2D eigenvalue weighted by atomic mass is 10.1. The van der Waals surface area contributed by atoms with Gasteiger partial charge in [-0.15, -0.1) is 11.3 Å². The van der Waals surface area contributed by atoms with E-state index in [1.54, 1.807) is 30.3 Å². The van der Waals surface area contributed by atoms with Crippen molar-refractivity contribution in [2.45, 2.75) is 32.9 Å². The smallest absolute Gasteiger partial charge is 0.265 e. The molecule has 0 radical (unpaired) electrons. The molecule has 140 valence electrons. The number of benzene rings is 1. The summed E-state index contributed by atoms with van der Waals surface area (Å²) in [7, 11) is 0. The van der Waals surface area contributed by atoms with E-state index >= 15 is 0 Å². The van der Waals surface area contributed by atoms with Gasteiger partial charge >= 0.3 is 0 Å². The molecular formula is C19H24N2O4S. The van der Waals surface area contributed by atoms with Gasteiger partial charge in [-0.25, -0.2) is 0 Å². The summed E-state index contributed by atoms with van der Waals surface area (Å²) in [6.45, 7) is 5.89. The van der Waals surface area contributed by atoms with Gasteiger partial charge in [-0.05, 0) is 36.6 Å². The lowest BCUT2D eigenvalue weighted by molar-refractivity contribution is 0.0967. The molecule has 0 spiro atoms. The minimum Gasteiger partial charge on any atom is -0.490 e. The number of hydrogen-bond acceptors (Lipinski definition) is 6. The summed E-state index contributed by atoms with van der Waals surface area (Å²) in [6, 6.07) is 8.69. The standard InChI is InChI=1S/C19H24N2O4S/c1-12(2)20-10-15(23)11-25-17-7-6-14(9-16(17)13(3)22)21-19(24)18-5-4-8-26-18/h4-9,12,15,20,23H,10-11H2,1-3H3,(H,21,24). The number of hydrogen-bond donors (Lipinski definition) is 3. The van der Waals surface area contributed by atoms with Crippen molar-refractivity contribution in [2.24, 2.45) is 0 Å². The third kappa shape index (κ3) is 5.94. The first-order chi connectivity index (χ1) is 12.4. The molecule has 7 heteroatoms. The third-order valence-electron chi connectivity index (χ3n) is 3.55. The van der Waals surface area contributed by atoms with Gasteiger partial charge in [-0.2, -0.15) is 0 Å². The van der Waals surface area contributed by atoms with Crippen LogP contribution in [0.15, 0.2) is 35.7 Å². The van der Waals surface area contributed by atoms with Gasteiger partial charge in [-0.1, -0.05) is 19.9 Å². The summed E-state index contributed by atoms with van der Waals surface area (Å²) in [5.41, 5.74) is 0.876. The van der Waals surface area contributed by atoms with E-state index in [2.05, 4.69) is 10.6 Å². The molecule has 0 saturated heterocycles. The number of ether oxygens (including phenoxy) is 1. The fraction of sp³-hybridized carbons (Fsp3) is 0.368. The van der Waals surface area contributed by atoms with Crippen molar-refractivity contribution in [3.05, 3.63) is 46.2 Å². The number of rotatable bonds is 9. The summed E-state index contributed by atoms with van der Waals surface area (Å²) < 4.78 is 5.60. The number of carbonyl (C=O) groups is 2. The fourth-order valence-electron chi connectivity index (χ4n) is 2.23. The van der Waals surface area contributed by atoms with E-state index in [1.807, 2.05) is 19.2 Å². The van der Waals surface area contributed by atoms with Gasteiger partial charge in [-0.3, -0.25) is 9.59 Å². The van der Waals surface area contributed by atoms with Gasteiger partial charge in [0.15, 0.2) is 5.78 Å². The molecule has 1 unspecified atom stereocenters. The normalized spacial score (nSPS) is 12.0. The molecule has 6 nitrogen and oxygen atoms in total. The zero-order valence-corrected chi connectivity index (χ0v) is 15.9. The second kappa shape index (κ2) is 9.47. The molecule has 2 aromatic rings. The quantitative estimate of drug-likeness (QED) is 0.586. The molecule has 0 saturated carbocycles. The molecule has 0 fully saturated rings. The Kier molecular flexibility index (Phi) is 7.32. The van der Waals surface area contributed by atoms with Crippen LogP contribution in [0.4, 0.5) is 5.69 Å². The number of ketones is 1. The van der Waals surface area contributed by atoms with Gasteiger partial charge in [0.1, 0.15) is 18.5 Å². The van der Waals surface area contributed by atoms with Crippen molar-refractivity contribution in [3.63, 3.8) is 0 Å². The van der Waals surface area contributed by atoms with Gasteiger partial charge in [0.25, 0.3) is 5.91 Å². The molecule has 0 aliphatic carbocycles. The van der Waals surface area contributed by atoms with E-state index in [-0.39, 0.29) is 24.3 Å². The lowest BCUT2D eigenvalue weighted by Crippen LogP contribution is -2.35. The van der Waals surface area contributed by atoms with Crippen molar-refractivity contribution >= 4 is 28.7 Å². The van der Waals surface area contributed by atoms with Crippen LogP contribution < -0.4 is 15.4 Å². The molecule has 1 aromatic carbocycles. The van der Waals surface area contributed by atoms with Crippen LogP contribution in [0.1, 0.15) is 40.8 Å². The number of anilines is 1. The Labute approximate surface area is 157 Å². The molecule has 1 amide bonds. The maximum atomic E-state index is 12.1. The van der Waals surface area contributed by atoms with Crippen LogP contribution in [0, 0.1) is 0 Å². The lowest BCUT2D eigenvalue weighted by Gasteiger charge is -2.17. The Morgan fingerprint density at radius 1 is 1.27 bits per heavy atom. The zero-order valence-electron chi connectivity index (χ0n) is 15.1. The Hall–Kier alpha value is -2.22. The van der Waals surface area contributed by atoms with Crippen molar-refractivity contribution in [3.8, 4) is 5.75 Å². The molecular weight excluding hydrogens is 352 g/mol. The van der Waals surface area contributed by atoms with Crippen LogP contribution in [0.3, 0.4) is 0 Å². The monoisotopic (exact) mass is 376 g/mol. The molecule has 0 aliphatic heterocycles. The second-order valence-corrected chi connectivity index (χ2v) is 7.17. The average Bonchev–Trinajstić information content (AvgIpc) is 3.13. The first-order valence-electron chi connectivity index (χ1n) is 8.41. The van der Waals surface area contributed by atoms with Crippen LogP contribution in [0.5, 0.6) is 5.75 Å². The van der Waals surface area contributed by atoms with Crippen LogP contribution in [0.2, 0.25) is 0 Å². The highest BCUT2D eigenvalue weighted by Crippen LogP contribution is 2.24. The summed E-state index contributed by atoms with van der Waals surface area (Å²) in [6.07, 6.45) is -0.685. The maximum Gasteiger partial charge on any atom is 0.265 e. The maximum absolute atomic E-state index is 12.1. The Morgan fingerprint density at radius 3 is 2.65 bits per heavy atom.